The van der Waals surface area contributed by atoms with E-state index in [-0.39, 0.29) is 5.56 Å². The number of methoxy groups -OCH3 is 1. The van der Waals surface area contributed by atoms with Gasteiger partial charge in [0, 0.05) is 11.1 Å². The highest BCUT2D eigenvalue weighted by molar-refractivity contribution is 7.98. The molecule has 0 spiro atoms. The van der Waals surface area contributed by atoms with Gasteiger partial charge in [0.25, 0.3) is 5.56 Å². The molecule has 0 aliphatic heterocycles. The van der Waals surface area contributed by atoms with Gasteiger partial charge < -0.3 is 9.26 Å². The lowest BCUT2D eigenvalue weighted by molar-refractivity contribution is 0.391. The molecule has 0 amide bonds. The molecule has 29 heavy (non-hydrogen) atoms. The quantitative estimate of drug-likeness (QED) is 0.331. The van der Waals surface area contributed by atoms with E-state index in [0.29, 0.717) is 44.0 Å². The summed E-state index contributed by atoms with van der Waals surface area (Å²) in [7, 11) is 1.58. The van der Waals surface area contributed by atoms with Crippen molar-refractivity contribution >= 4 is 34.3 Å². The highest BCUT2D eigenvalue weighted by Crippen LogP contribution is 2.30. The Hall–Kier alpha value is -2.77. The van der Waals surface area contributed by atoms with Crippen molar-refractivity contribution in [1.82, 2.24) is 14.7 Å². The number of hydrogen-bond acceptors (Lipinski definition) is 6. The highest BCUT2D eigenvalue weighted by atomic mass is 35.5. The SMILES string of the molecule is COc1ccc(C)cc1-n1c(SCc2cc(C)no2)nc2cc(Cl)ccc2c1=O. The van der Waals surface area contributed by atoms with Gasteiger partial charge in [0.05, 0.1) is 35.1 Å². The Morgan fingerprint density at radius 2 is 2.00 bits per heavy atom. The first-order chi connectivity index (χ1) is 14.0. The molecule has 6 nitrogen and oxygen atoms in total. The summed E-state index contributed by atoms with van der Waals surface area (Å²) in [5.74, 6) is 1.77. The van der Waals surface area contributed by atoms with E-state index < -0.39 is 0 Å². The summed E-state index contributed by atoms with van der Waals surface area (Å²) in [5.41, 5.74) is 2.80. The van der Waals surface area contributed by atoms with Crippen molar-refractivity contribution in [3.63, 3.8) is 0 Å². The van der Waals surface area contributed by atoms with Gasteiger partial charge in [0.2, 0.25) is 0 Å². The van der Waals surface area contributed by atoms with E-state index >= 15 is 0 Å². The van der Waals surface area contributed by atoms with Gasteiger partial charge >= 0.3 is 0 Å². The maximum Gasteiger partial charge on any atom is 0.266 e. The fourth-order valence-electron chi connectivity index (χ4n) is 3.04. The lowest BCUT2D eigenvalue weighted by atomic mass is 10.2. The topological polar surface area (TPSA) is 70.2 Å². The Labute approximate surface area is 176 Å². The third-order valence-electron chi connectivity index (χ3n) is 4.40. The fraction of sp³-hybridized carbons (Fsp3) is 0.190. The number of halogens is 1. The zero-order valence-corrected chi connectivity index (χ0v) is 17.7. The normalized spacial score (nSPS) is 11.2. The number of benzene rings is 2. The van der Waals surface area contributed by atoms with E-state index in [1.165, 1.54) is 11.8 Å². The van der Waals surface area contributed by atoms with Crippen LogP contribution in [0.25, 0.3) is 16.6 Å². The maximum atomic E-state index is 13.4. The number of ether oxygens (including phenoxy) is 1. The zero-order chi connectivity index (χ0) is 20.5. The second-order valence-electron chi connectivity index (χ2n) is 6.59. The van der Waals surface area contributed by atoms with Crippen LogP contribution in [0.2, 0.25) is 5.02 Å². The van der Waals surface area contributed by atoms with Gasteiger partial charge in [0.15, 0.2) is 5.16 Å². The molecule has 0 aliphatic rings. The Morgan fingerprint density at radius 3 is 2.72 bits per heavy atom. The molecule has 0 unspecified atom stereocenters. The number of nitrogens with zero attached hydrogens (tertiary/aromatic N) is 3. The van der Waals surface area contributed by atoms with Crippen molar-refractivity contribution < 1.29 is 9.26 Å². The van der Waals surface area contributed by atoms with Crippen molar-refractivity contribution in [2.45, 2.75) is 24.8 Å². The van der Waals surface area contributed by atoms with Crippen LogP contribution >= 0.6 is 23.4 Å². The molecule has 0 bridgehead atoms. The lowest BCUT2D eigenvalue weighted by Crippen LogP contribution is -2.22. The molecule has 2 aromatic heterocycles. The zero-order valence-electron chi connectivity index (χ0n) is 16.1. The molecule has 0 radical (unpaired) electrons. The van der Waals surface area contributed by atoms with Crippen LogP contribution < -0.4 is 10.3 Å². The van der Waals surface area contributed by atoms with Gasteiger partial charge in [-0.2, -0.15) is 0 Å². The summed E-state index contributed by atoms with van der Waals surface area (Å²) < 4.78 is 12.4. The fourth-order valence-corrected chi connectivity index (χ4v) is 4.09. The van der Waals surface area contributed by atoms with Crippen LogP contribution in [0.3, 0.4) is 0 Å². The smallest absolute Gasteiger partial charge is 0.266 e. The Morgan fingerprint density at radius 1 is 1.17 bits per heavy atom. The monoisotopic (exact) mass is 427 g/mol. The summed E-state index contributed by atoms with van der Waals surface area (Å²) in [4.78, 5) is 18.2. The number of fused-ring (bicyclic) bond motifs is 1. The standard InChI is InChI=1S/C21H18ClN3O3S/c1-12-4-7-19(27-3)18(8-12)25-20(26)16-6-5-14(22)10-17(16)23-21(25)29-11-15-9-13(2)24-28-15/h4-10H,11H2,1-3H3. The highest BCUT2D eigenvalue weighted by Gasteiger charge is 2.18. The summed E-state index contributed by atoms with van der Waals surface area (Å²) in [6.45, 7) is 3.83. The Bertz CT molecular complexity index is 1270. The minimum Gasteiger partial charge on any atom is -0.495 e. The molecule has 0 saturated heterocycles. The summed E-state index contributed by atoms with van der Waals surface area (Å²) in [6, 6.07) is 12.6. The molecule has 0 fully saturated rings. The van der Waals surface area contributed by atoms with E-state index in [9.17, 15) is 4.79 Å². The van der Waals surface area contributed by atoms with Crippen LogP contribution in [-0.4, -0.2) is 21.8 Å². The van der Waals surface area contributed by atoms with Crippen molar-refractivity contribution in [3.05, 3.63) is 74.9 Å². The molecular weight excluding hydrogens is 410 g/mol. The molecule has 0 aliphatic carbocycles. The van der Waals surface area contributed by atoms with Crippen LogP contribution in [-0.2, 0) is 5.75 Å². The van der Waals surface area contributed by atoms with Crippen molar-refractivity contribution in [3.8, 4) is 11.4 Å². The van der Waals surface area contributed by atoms with Crippen LogP contribution in [0.1, 0.15) is 17.0 Å². The van der Waals surface area contributed by atoms with E-state index in [1.54, 1.807) is 29.9 Å². The van der Waals surface area contributed by atoms with Gasteiger partial charge in [-0.3, -0.25) is 9.36 Å². The lowest BCUT2D eigenvalue weighted by Gasteiger charge is -2.16. The van der Waals surface area contributed by atoms with E-state index in [4.69, 9.17) is 25.8 Å². The maximum absolute atomic E-state index is 13.4. The molecule has 4 rings (SSSR count). The average Bonchev–Trinajstić information content (AvgIpc) is 3.11. The number of thioether (sulfide) groups is 1. The second-order valence-corrected chi connectivity index (χ2v) is 7.97. The predicted octanol–water partition coefficient (Wildman–Crippen LogP) is 4.94. The van der Waals surface area contributed by atoms with Crippen molar-refractivity contribution in [2.75, 3.05) is 7.11 Å². The molecular formula is C21H18ClN3O3S. The minimum atomic E-state index is -0.188. The first-order valence-corrected chi connectivity index (χ1v) is 10.2. The molecule has 2 aromatic carbocycles. The first kappa shape index (κ1) is 19.5. The molecule has 2 heterocycles. The van der Waals surface area contributed by atoms with Crippen molar-refractivity contribution in [2.24, 2.45) is 0 Å². The van der Waals surface area contributed by atoms with Gasteiger partial charge in [0.1, 0.15) is 11.5 Å². The molecule has 4 aromatic rings. The van der Waals surface area contributed by atoms with E-state index in [0.717, 1.165) is 11.3 Å². The number of hydrogen-bond donors (Lipinski definition) is 0. The average molecular weight is 428 g/mol. The third-order valence-corrected chi connectivity index (χ3v) is 5.59. The summed E-state index contributed by atoms with van der Waals surface area (Å²) >= 11 is 7.51. The van der Waals surface area contributed by atoms with E-state index in [1.807, 2.05) is 38.1 Å². The molecule has 0 saturated carbocycles. The third kappa shape index (κ3) is 3.88. The number of aromatic nitrogens is 3. The minimum absolute atomic E-state index is 0.188. The first-order valence-electron chi connectivity index (χ1n) is 8.88. The number of aryl methyl sites for hydroxylation is 2. The largest absolute Gasteiger partial charge is 0.495 e. The summed E-state index contributed by atoms with van der Waals surface area (Å²) in [6.07, 6.45) is 0. The summed E-state index contributed by atoms with van der Waals surface area (Å²) in [5, 5.41) is 5.44. The number of rotatable bonds is 5. The van der Waals surface area contributed by atoms with Gasteiger partial charge in [-0.15, -0.1) is 0 Å². The molecule has 0 atom stereocenters. The van der Waals surface area contributed by atoms with E-state index in [2.05, 4.69) is 5.16 Å². The second kappa shape index (κ2) is 7.93. The molecule has 8 heteroatoms. The van der Waals surface area contributed by atoms with Gasteiger partial charge in [-0.25, -0.2) is 4.98 Å². The van der Waals surface area contributed by atoms with Crippen LogP contribution in [0.4, 0.5) is 0 Å². The van der Waals surface area contributed by atoms with Crippen LogP contribution in [0.15, 0.2) is 56.9 Å². The predicted molar refractivity (Wildman–Crippen MR) is 114 cm³/mol. The Kier molecular flexibility index (Phi) is 5.34. The molecule has 148 valence electrons. The van der Waals surface area contributed by atoms with Gasteiger partial charge in [-0.1, -0.05) is 34.6 Å². The van der Waals surface area contributed by atoms with Crippen LogP contribution in [0, 0.1) is 13.8 Å². The van der Waals surface area contributed by atoms with Crippen LogP contribution in [0.5, 0.6) is 5.75 Å². The molecule has 0 N–H and O–H groups in total. The van der Waals surface area contributed by atoms with Crippen molar-refractivity contribution in [1.29, 1.82) is 0 Å². The Balaban J connectivity index is 1.93. The van der Waals surface area contributed by atoms with Gasteiger partial charge in [-0.05, 0) is 49.7 Å².